The molecule has 0 radical (unpaired) electrons. The van der Waals surface area contributed by atoms with Gasteiger partial charge in [-0.3, -0.25) is 9.69 Å². The second-order valence-corrected chi connectivity index (χ2v) is 8.52. The molecule has 2 fully saturated rings. The van der Waals surface area contributed by atoms with Gasteiger partial charge in [0.05, 0.1) is 0 Å². The summed E-state index contributed by atoms with van der Waals surface area (Å²) in [5.41, 5.74) is 0.527. The number of likely N-dealkylation sites (N-methyl/N-ethyl adjacent to an activating group) is 1. The van der Waals surface area contributed by atoms with Gasteiger partial charge in [-0.2, -0.15) is 0 Å². The van der Waals surface area contributed by atoms with Crippen LogP contribution in [0.1, 0.15) is 37.7 Å². The predicted octanol–water partition coefficient (Wildman–Crippen LogP) is 3.31. The molecule has 1 aromatic rings. The van der Waals surface area contributed by atoms with Gasteiger partial charge >= 0.3 is 6.03 Å². The predicted molar refractivity (Wildman–Crippen MR) is 110 cm³/mol. The Kier molecular flexibility index (Phi) is 5.54. The van der Waals surface area contributed by atoms with Gasteiger partial charge < -0.3 is 9.80 Å². The van der Waals surface area contributed by atoms with Crippen LogP contribution in [0.25, 0.3) is 0 Å². The molecule has 2 saturated heterocycles. The van der Waals surface area contributed by atoms with Gasteiger partial charge in [-0.25, -0.2) is 4.79 Å². The van der Waals surface area contributed by atoms with Crippen molar-refractivity contribution in [1.29, 1.82) is 0 Å². The monoisotopic (exact) mass is 381 g/mol. The third kappa shape index (κ3) is 3.60. The van der Waals surface area contributed by atoms with Crippen molar-refractivity contribution in [3.63, 3.8) is 0 Å². The number of rotatable bonds is 5. The average molecular weight is 382 g/mol. The van der Waals surface area contributed by atoms with E-state index in [1.54, 1.807) is 4.90 Å². The number of urea groups is 1. The molecular weight excluding hydrogens is 350 g/mol. The summed E-state index contributed by atoms with van der Waals surface area (Å²) in [5, 5.41) is 0. The van der Waals surface area contributed by atoms with Crippen LogP contribution >= 0.6 is 0 Å². The third-order valence-electron chi connectivity index (χ3n) is 6.85. The Balaban J connectivity index is 1.37. The van der Waals surface area contributed by atoms with E-state index in [9.17, 15) is 9.59 Å². The van der Waals surface area contributed by atoms with Crippen molar-refractivity contribution in [2.45, 2.75) is 44.1 Å². The molecule has 1 spiro atoms. The summed E-state index contributed by atoms with van der Waals surface area (Å²) in [6.45, 7) is 3.38. The molecule has 2 aliphatic heterocycles. The number of allylic oxidation sites excluding steroid dienone is 2. The molecule has 1 aromatic carbocycles. The molecular formula is C23H31N3O2. The molecule has 0 unspecified atom stereocenters. The summed E-state index contributed by atoms with van der Waals surface area (Å²) in [6.07, 6.45) is 10.4. The lowest BCUT2D eigenvalue weighted by Crippen LogP contribution is -2.55. The van der Waals surface area contributed by atoms with Gasteiger partial charge in [0.15, 0.2) is 0 Å². The lowest BCUT2D eigenvalue weighted by Gasteiger charge is -2.41. The van der Waals surface area contributed by atoms with E-state index in [0.717, 1.165) is 44.0 Å². The van der Waals surface area contributed by atoms with Crippen molar-refractivity contribution < 1.29 is 9.59 Å². The Morgan fingerprint density at radius 3 is 2.50 bits per heavy atom. The molecule has 3 amide bonds. The fraction of sp³-hybridized carbons (Fsp3) is 0.565. The minimum atomic E-state index is -0.628. The highest BCUT2D eigenvalue weighted by molar-refractivity contribution is 6.07. The molecule has 150 valence electrons. The van der Waals surface area contributed by atoms with E-state index in [4.69, 9.17) is 0 Å². The number of carbonyl (C=O) groups excluding carboxylic acids is 2. The van der Waals surface area contributed by atoms with Gasteiger partial charge in [0, 0.05) is 33.2 Å². The van der Waals surface area contributed by atoms with Crippen LogP contribution in [0.5, 0.6) is 0 Å². The zero-order chi connectivity index (χ0) is 19.6. The standard InChI is InChI=1S/C23H31N3O2/c1-24-22(28)26(15-12-19-8-4-2-5-9-19)21(27)23(24)13-16-25(17-14-23)18-20-10-6-3-7-11-20/h2-6,8-9,20H,7,10-18H2,1H3/t20-/m0/s1. The van der Waals surface area contributed by atoms with Crippen LogP contribution in [-0.2, 0) is 11.2 Å². The van der Waals surface area contributed by atoms with Crippen LogP contribution in [0.3, 0.4) is 0 Å². The molecule has 0 N–H and O–H groups in total. The fourth-order valence-electron chi connectivity index (χ4n) is 4.97. The van der Waals surface area contributed by atoms with E-state index in [0.29, 0.717) is 13.0 Å². The maximum Gasteiger partial charge on any atom is 0.327 e. The number of amides is 3. The smallest absolute Gasteiger partial charge is 0.312 e. The maximum absolute atomic E-state index is 13.3. The number of likely N-dealkylation sites (tertiary alicyclic amines) is 1. The summed E-state index contributed by atoms with van der Waals surface area (Å²) in [5.74, 6) is 0.747. The van der Waals surface area contributed by atoms with Gasteiger partial charge in [0.1, 0.15) is 5.54 Å². The average Bonchev–Trinajstić information content (AvgIpc) is 2.91. The molecule has 5 heteroatoms. The van der Waals surface area contributed by atoms with Gasteiger partial charge in [-0.05, 0) is 50.0 Å². The number of carbonyl (C=O) groups is 2. The zero-order valence-electron chi connectivity index (χ0n) is 16.8. The highest BCUT2D eigenvalue weighted by atomic mass is 16.2. The van der Waals surface area contributed by atoms with E-state index >= 15 is 0 Å². The number of imide groups is 1. The number of piperidine rings is 1. The number of hydrogen-bond acceptors (Lipinski definition) is 3. The van der Waals surface area contributed by atoms with Crippen LogP contribution in [-0.4, -0.2) is 65.4 Å². The maximum atomic E-state index is 13.3. The Labute approximate surface area is 168 Å². The van der Waals surface area contributed by atoms with Gasteiger partial charge in [0.2, 0.25) is 0 Å². The summed E-state index contributed by atoms with van der Waals surface area (Å²) < 4.78 is 0. The minimum absolute atomic E-state index is 0.0104. The number of benzene rings is 1. The van der Waals surface area contributed by atoms with Crippen molar-refractivity contribution in [2.24, 2.45) is 5.92 Å². The fourth-order valence-corrected chi connectivity index (χ4v) is 4.97. The highest BCUT2D eigenvalue weighted by Crippen LogP contribution is 2.36. The first kappa shape index (κ1) is 19.2. The third-order valence-corrected chi connectivity index (χ3v) is 6.85. The van der Waals surface area contributed by atoms with Crippen LogP contribution in [0.4, 0.5) is 4.79 Å². The topological polar surface area (TPSA) is 43.9 Å². The zero-order valence-corrected chi connectivity index (χ0v) is 16.8. The SMILES string of the molecule is CN1C(=O)N(CCc2ccccc2)C(=O)C12CCN(C[C@H]1CC=CCC1)CC2. The summed E-state index contributed by atoms with van der Waals surface area (Å²) in [4.78, 5) is 31.8. The van der Waals surface area contributed by atoms with Crippen molar-refractivity contribution >= 4 is 11.9 Å². The van der Waals surface area contributed by atoms with Crippen LogP contribution < -0.4 is 0 Å². The van der Waals surface area contributed by atoms with Crippen molar-refractivity contribution in [3.05, 3.63) is 48.0 Å². The molecule has 5 nitrogen and oxygen atoms in total. The van der Waals surface area contributed by atoms with Crippen molar-refractivity contribution in [3.8, 4) is 0 Å². The molecule has 0 saturated carbocycles. The molecule has 4 rings (SSSR count). The normalized spacial score (nSPS) is 25.1. The summed E-state index contributed by atoms with van der Waals surface area (Å²) in [6, 6.07) is 9.93. The Morgan fingerprint density at radius 1 is 1.07 bits per heavy atom. The molecule has 2 heterocycles. The molecule has 0 bridgehead atoms. The van der Waals surface area contributed by atoms with E-state index in [2.05, 4.69) is 17.1 Å². The first-order valence-electron chi connectivity index (χ1n) is 10.6. The lowest BCUT2D eigenvalue weighted by atomic mass is 9.85. The second kappa shape index (κ2) is 8.08. The number of nitrogens with zero attached hydrogens (tertiary/aromatic N) is 3. The summed E-state index contributed by atoms with van der Waals surface area (Å²) in [7, 11) is 1.81. The van der Waals surface area contributed by atoms with E-state index < -0.39 is 5.54 Å². The van der Waals surface area contributed by atoms with Gasteiger partial charge in [-0.1, -0.05) is 42.5 Å². The van der Waals surface area contributed by atoms with Crippen LogP contribution in [0.15, 0.2) is 42.5 Å². The van der Waals surface area contributed by atoms with Crippen molar-refractivity contribution in [1.82, 2.24) is 14.7 Å². The second-order valence-electron chi connectivity index (χ2n) is 8.52. The molecule has 3 aliphatic rings. The molecule has 0 aromatic heterocycles. The lowest BCUT2D eigenvalue weighted by molar-refractivity contribution is -0.135. The number of hydrogen-bond donors (Lipinski definition) is 0. The van der Waals surface area contributed by atoms with E-state index in [1.807, 2.05) is 37.4 Å². The van der Waals surface area contributed by atoms with Gasteiger partial charge in [0.25, 0.3) is 5.91 Å². The first-order valence-corrected chi connectivity index (χ1v) is 10.6. The van der Waals surface area contributed by atoms with Crippen LogP contribution in [0, 0.1) is 5.92 Å². The molecule has 1 atom stereocenters. The van der Waals surface area contributed by atoms with Crippen molar-refractivity contribution in [2.75, 3.05) is 33.2 Å². The van der Waals surface area contributed by atoms with E-state index in [-0.39, 0.29) is 11.9 Å². The minimum Gasteiger partial charge on any atom is -0.312 e. The molecule has 1 aliphatic carbocycles. The Morgan fingerprint density at radius 2 is 1.82 bits per heavy atom. The van der Waals surface area contributed by atoms with Gasteiger partial charge in [-0.15, -0.1) is 0 Å². The highest BCUT2D eigenvalue weighted by Gasteiger charge is 2.56. The van der Waals surface area contributed by atoms with E-state index in [1.165, 1.54) is 24.2 Å². The Bertz CT molecular complexity index is 737. The Hall–Kier alpha value is -2.14. The van der Waals surface area contributed by atoms with Crippen LogP contribution in [0.2, 0.25) is 0 Å². The summed E-state index contributed by atoms with van der Waals surface area (Å²) >= 11 is 0. The quantitative estimate of drug-likeness (QED) is 0.581. The first-order chi connectivity index (χ1) is 13.6. The molecule has 28 heavy (non-hydrogen) atoms. The largest absolute Gasteiger partial charge is 0.327 e.